The van der Waals surface area contributed by atoms with Crippen LogP contribution in [-0.2, 0) is 9.47 Å². The Bertz CT molecular complexity index is 1190. The van der Waals surface area contributed by atoms with Gasteiger partial charge in [-0.2, -0.15) is 0 Å². The lowest BCUT2D eigenvalue weighted by atomic mass is 10.2. The van der Waals surface area contributed by atoms with Crippen LogP contribution in [0.4, 0.5) is 11.4 Å². The maximum absolute atomic E-state index is 5.46. The van der Waals surface area contributed by atoms with Gasteiger partial charge in [-0.3, -0.25) is 0 Å². The topological polar surface area (TPSA) is 43.2 Å². The van der Waals surface area contributed by atoms with Crippen molar-refractivity contribution in [2.75, 3.05) is 14.2 Å². The van der Waals surface area contributed by atoms with Gasteiger partial charge in [0.1, 0.15) is 0 Å². The Kier molecular flexibility index (Phi) is 13.3. The van der Waals surface area contributed by atoms with E-state index in [0.29, 0.717) is 11.8 Å². The highest BCUT2D eigenvalue weighted by Crippen LogP contribution is 2.30. The van der Waals surface area contributed by atoms with Crippen LogP contribution >= 0.6 is 11.8 Å². The smallest absolute Gasteiger partial charge is 0.220 e. The average Bonchev–Trinajstić information content (AvgIpc) is 2.96. The molecule has 3 aromatic rings. The second kappa shape index (κ2) is 16.8. The predicted octanol–water partition coefficient (Wildman–Crippen LogP) is 9.34. The van der Waals surface area contributed by atoms with Crippen molar-refractivity contribution in [3.8, 4) is 0 Å². The highest BCUT2D eigenvalue weighted by atomic mass is 32.2. The second-order valence-corrected chi connectivity index (χ2v) is 8.91. The number of aliphatic imine (C=N–C) groups is 2. The van der Waals surface area contributed by atoms with Crippen molar-refractivity contribution in [3.63, 3.8) is 0 Å². The minimum atomic E-state index is 0.493. The molecule has 5 heteroatoms. The van der Waals surface area contributed by atoms with Crippen molar-refractivity contribution < 1.29 is 9.47 Å². The summed E-state index contributed by atoms with van der Waals surface area (Å²) < 4.78 is 10.9. The van der Waals surface area contributed by atoms with E-state index in [-0.39, 0.29) is 0 Å². The van der Waals surface area contributed by atoms with Gasteiger partial charge in [-0.25, -0.2) is 9.98 Å². The first-order valence-electron chi connectivity index (χ1n) is 12.2. The molecule has 0 bridgehead atoms. The van der Waals surface area contributed by atoms with Crippen LogP contribution in [0, 0.1) is 0 Å². The molecule has 0 saturated heterocycles. The number of benzene rings is 3. The molecule has 0 spiro atoms. The first kappa shape index (κ1) is 29.4. The van der Waals surface area contributed by atoms with Gasteiger partial charge in [-0.05, 0) is 60.7 Å². The SMILES string of the molecule is C=C/C=C(\C=C)C(=Nc1ccc(Sc2ccc(N=C(OC)c3ccccc3)cc2)cc1)OC.CCCC. The van der Waals surface area contributed by atoms with Crippen LogP contribution in [0.1, 0.15) is 32.3 Å². The zero-order chi connectivity index (χ0) is 26.9. The highest BCUT2D eigenvalue weighted by molar-refractivity contribution is 7.99. The van der Waals surface area contributed by atoms with E-state index in [1.807, 2.05) is 84.9 Å². The number of allylic oxidation sites excluding steroid dienone is 2. The molecule has 0 aromatic heterocycles. The van der Waals surface area contributed by atoms with Gasteiger partial charge in [0.15, 0.2) is 0 Å². The molecule has 0 aliphatic rings. The van der Waals surface area contributed by atoms with Crippen LogP contribution in [0.2, 0.25) is 0 Å². The van der Waals surface area contributed by atoms with Gasteiger partial charge in [-0.15, -0.1) is 0 Å². The fraction of sp³-hybridized carbons (Fsp3) is 0.188. The van der Waals surface area contributed by atoms with Crippen molar-refractivity contribution in [2.24, 2.45) is 9.98 Å². The number of ether oxygens (including phenoxy) is 2. The lowest BCUT2D eigenvalue weighted by molar-refractivity contribution is 0.405. The van der Waals surface area contributed by atoms with Crippen molar-refractivity contribution in [1.82, 2.24) is 0 Å². The molecular formula is C32H36N2O2S. The van der Waals surface area contributed by atoms with E-state index in [1.165, 1.54) is 12.8 Å². The number of methoxy groups -OCH3 is 2. The molecule has 0 fully saturated rings. The molecule has 0 amide bonds. The van der Waals surface area contributed by atoms with Crippen LogP contribution in [-0.4, -0.2) is 26.0 Å². The highest BCUT2D eigenvalue weighted by Gasteiger charge is 2.05. The van der Waals surface area contributed by atoms with Crippen molar-refractivity contribution in [2.45, 2.75) is 36.5 Å². The maximum Gasteiger partial charge on any atom is 0.220 e. The predicted molar refractivity (Wildman–Crippen MR) is 160 cm³/mol. The Morgan fingerprint density at radius 1 is 0.757 bits per heavy atom. The van der Waals surface area contributed by atoms with Gasteiger partial charge in [0.25, 0.3) is 0 Å². The van der Waals surface area contributed by atoms with Crippen molar-refractivity contribution >= 4 is 34.9 Å². The third kappa shape index (κ3) is 9.98. The molecule has 4 nitrogen and oxygen atoms in total. The van der Waals surface area contributed by atoms with Gasteiger partial charge in [0.05, 0.1) is 25.6 Å². The molecular weight excluding hydrogens is 476 g/mol. The molecule has 0 radical (unpaired) electrons. The van der Waals surface area contributed by atoms with E-state index in [2.05, 4.69) is 37.0 Å². The number of hydrogen-bond acceptors (Lipinski definition) is 5. The normalized spacial score (nSPS) is 11.7. The lowest BCUT2D eigenvalue weighted by Crippen LogP contribution is -2.03. The van der Waals surface area contributed by atoms with Gasteiger partial charge in [0.2, 0.25) is 11.8 Å². The molecule has 192 valence electrons. The van der Waals surface area contributed by atoms with E-state index in [0.717, 1.165) is 32.3 Å². The molecule has 0 heterocycles. The van der Waals surface area contributed by atoms with E-state index >= 15 is 0 Å². The molecule has 0 aliphatic heterocycles. The zero-order valence-corrected chi connectivity index (χ0v) is 23.0. The largest absolute Gasteiger partial charge is 0.481 e. The number of hydrogen-bond donors (Lipinski definition) is 0. The van der Waals surface area contributed by atoms with Crippen LogP contribution in [0.5, 0.6) is 0 Å². The monoisotopic (exact) mass is 512 g/mol. The van der Waals surface area contributed by atoms with Gasteiger partial charge in [0, 0.05) is 20.9 Å². The van der Waals surface area contributed by atoms with E-state index in [1.54, 1.807) is 38.1 Å². The fourth-order valence-electron chi connectivity index (χ4n) is 2.94. The van der Waals surface area contributed by atoms with E-state index in [4.69, 9.17) is 9.47 Å². The fourth-order valence-corrected chi connectivity index (χ4v) is 3.75. The lowest BCUT2D eigenvalue weighted by Gasteiger charge is -2.07. The molecule has 0 N–H and O–H groups in total. The molecule has 3 aromatic carbocycles. The van der Waals surface area contributed by atoms with E-state index < -0.39 is 0 Å². The van der Waals surface area contributed by atoms with Gasteiger partial charge in [-0.1, -0.05) is 88.0 Å². The molecule has 0 atom stereocenters. The minimum absolute atomic E-state index is 0.493. The Morgan fingerprint density at radius 2 is 1.30 bits per heavy atom. The van der Waals surface area contributed by atoms with Crippen LogP contribution in [0.15, 0.2) is 136 Å². The Labute approximate surface area is 226 Å². The number of unbranched alkanes of at least 4 members (excludes halogenated alkanes) is 1. The Hall–Kier alpha value is -3.83. The summed E-state index contributed by atoms with van der Waals surface area (Å²) in [5, 5.41) is 0. The first-order valence-corrected chi connectivity index (χ1v) is 13.0. The third-order valence-electron chi connectivity index (χ3n) is 5.04. The second-order valence-electron chi connectivity index (χ2n) is 7.76. The molecule has 37 heavy (non-hydrogen) atoms. The van der Waals surface area contributed by atoms with Crippen LogP contribution < -0.4 is 0 Å². The summed E-state index contributed by atoms with van der Waals surface area (Å²) in [6.07, 6.45) is 7.82. The van der Waals surface area contributed by atoms with Gasteiger partial charge >= 0.3 is 0 Å². The van der Waals surface area contributed by atoms with Crippen LogP contribution in [0.25, 0.3) is 0 Å². The van der Waals surface area contributed by atoms with Crippen LogP contribution in [0.3, 0.4) is 0 Å². The number of rotatable bonds is 9. The van der Waals surface area contributed by atoms with Gasteiger partial charge < -0.3 is 9.47 Å². The molecule has 0 saturated carbocycles. The summed E-state index contributed by atoms with van der Waals surface area (Å²) in [7, 11) is 3.22. The summed E-state index contributed by atoms with van der Waals surface area (Å²) in [5.41, 5.74) is 3.35. The summed E-state index contributed by atoms with van der Waals surface area (Å²) in [6, 6.07) is 25.9. The summed E-state index contributed by atoms with van der Waals surface area (Å²) in [6.45, 7) is 11.9. The van der Waals surface area contributed by atoms with E-state index in [9.17, 15) is 0 Å². The molecule has 3 rings (SSSR count). The third-order valence-corrected chi connectivity index (χ3v) is 6.06. The summed E-state index contributed by atoms with van der Waals surface area (Å²) in [4.78, 5) is 11.4. The standard InChI is InChI=1S/C28H26N2O2S.C4H10/c1-5-10-21(6-2)27(31-3)29-23-13-17-25(18-14-23)33-26-19-15-24(16-20-26)30-28(32-4)22-11-8-7-9-12-22;1-3-4-2/h5-20H,1-2H2,3-4H3;3-4H2,1-2H3/b21-10+,29-27?,30-28?;. The maximum atomic E-state index is 5.46. The average molecular weight is 513 g/mol. The zero-order valence-electron chi connectivity index (χ0n) is 22.2. The minimum Gasteiger partial charge on any atom is -0.481 e. The van der Waals surface area contributed by atoms with Crippen molar-refractivity contribution in [1.29, 1.82) is 0 Å². The summed E-state index contributed by atoms with van der Waals surface area (Å²) >= 11 is 1.67. The number of nitrogens with zero attached hydrogens (tertiary/aromatic N) is 2. The summed E-state index contributed by atoms with van der Waals surface area (Å²) in [5.74, 6) is 1.08. The Morgan fingerprint density at radius 3 is 1.73 bits per heavy atom. The van der Waals surface area contributed by atoms with Crippen molar-refractivity contribution in [3.05, 3.63) is 121 Å². The quantitative estimate of drug-likeness (QED) is 0.163. The molecule has 0 unspecified atom stereocenters. The Balaban J connectivity index is 0.00000112. The first-order chi connectivity index (χ1) is 18.1. The molecule has 0 aliphatic carbocycles.